The number of amides is 1. The lowest BCUT2D eigenvalue weighted by molar-refractivity contribution is 0.134. The molecule has 1 aromatic carbocycles. The second-order valence-corrected chi connectivity index (χ2v) is 5.93. The van der Waals surface area contributed by atoms with Crippen molar-refractivity contribution in [3.63, 3.8) is 0 Å². The summed E-state index contributed by atoms with van der Waals surface area (Å²) >= 11 is 0. The molecule has 0 aliphatic rings. The maximum Gasteiger partial charge on any atom is 0.407 e. The number of hydrogen-bond acceptors (Lipinski definition) is 2. The first-order chi connectivity index (χ1) is 10.0. The van der Waals surface area contributed by atoms with E-state index in [4.69, 9.17) is 0 Å². The Balaban J connectivity index is 0.00000441. The van der Waals surface area contributed by atoms with Crippen molar-refractivity contribution >= 4 is 18.5 Å². The van der Waals surface area contributed by atoms with Crippen LogP contribution in [0.1, 0.15) is 39.2 Å². The first kappa shape index (κ1) is 20.7. The van der Waals surface area contributed by atoms with Gasteiger partial charge in [-0.2, -0.15) is 0 Å². The second-order valence-electron chi connectivity index (χ2n) is 5.93. The molecule has 126 valence electrons. The molecule has 0 fully saturated rings. The summed E-state index contributed by atoms with van der Waals surface area (Å²) < 4.78 is 0. The molecule has 0 heterocycles. The lowest BCUT2D eigenvalue weighted by atomic mass is 10.0. The average Bonchev–Trinajstić information content (AvgIpc) is 2.44. The third kappa shape index (κ3) is 8.25. The van der Waals surface area contributed by atoms with Gasteiger partial charge in [0.15, 0.2) is 0 Å². The molecule has 0 saturated heterocycles. The fraction of sp³-hybridized carbons (Fsp3) is 0.588. The first-order valence-electron chi connectivity index (χ1n) is 7.78. The molecule has 0 bridgehead atoms. The highest BCUT2D eigenvalue weighted by atomic mass is 35.5. The molecule has 1 aromatic rings. The summed E-state index contributed by atoms with van der Waals surface area (Å²) in [7, 11) is 0. The van der Waals surface area contributed by atoms with E-state index in [1.807, 2.05) is 30.3 Å². The highest BCUT2D eigenvalue weighted by Crippen LogP contribution is 2.10. The third-order valence-corrected chi connectivity index (χ3v) is 3.37. The second kappa shape index (κ2) is 11.3. The Morgan fingerprint density at radius 2 is 1.91 bits per heavy atom. The Morgan fingerprint density at radius 3 is 2.41 bits per heavy atom. The molecular formula is C17H29ClN2O2. The minimum atomic E-state index is -0.856. The van der Waals surface area contributed by atoms with E-state index < -0.39 is 6.09 Å². The Bertz CT molecular complexity index is 412. The van der Waals surface area contributed by atoms with E-state index in [-0.39, 0.29) is 18.4 Å². The zero-order valence-electron chi connectivity index (χ0n) is 13.8. The van der Waals surface area contributed by atoms with E-state index >= 15 is 0 Å². The molecule has 0 aromatic heterocycles. The van der Waals surface area contributed by atoms with Crippen LogP contribution in [-0.2, 0) is 6.54 Å². The molecule has 0 spiro atoms. The topological polar surface area (TPSA) is 52.6 Å². The maximum absolute atomic E-state index is 11.5. The standard InChI is InChI=1S/C17H28N2O2.ClH/c1-4-10-18-16(11-14(2)3)13-19(17(20)21)12-15-8-6-5-7-9-15;/h5-9,14,16,18H,4,10-13H2,1-3H3,(H,20,21);1H/t16-;/m0./s1. The normalized spacial score (nSPS) is 11.8. The van der Waals surface area contributed by atoms with Gasteiger partial charge >= 0.3 is 6.09 Å². The molecule has 1 rings (SSSR count). The van der Waals surface area contributed by atoms with Gasteiger partial charge in [-0.15, -0.1) is 12.4 Å². The van der Waals surface area contributed by atoms with Gasteiger partial charge < -0.3 is 15.3 Å². The molecule has 0 radical (unpaired) electrons. The van der Waals surface area contributed by atoms with Crippen molar-refractivity contribution in [1.82, 2.24) is 10.2 Å². The van der Waals surface area contributed by atoms with Crippen LogP contribution in [0.15, 0.2) is 30.3 Å². The molecule has 0 unspecified atom stereocenters. The predicted molar refractivity (Wildman–Crippen MR) is 93.7 cm³/mol. The lowest BCUT2D eigenvalue weighted by Crippen LogP contribution is -2.43. The van der Waals surface area contributed by atoms with E-state index in [1.54, 1.807) is 0 Å². The molecule has 2 N–H and O–H groups in total. The molecule has 0 aliphatic heterocycles. The Kier molecular flexibility index (Phi) is 10.7. The Labute approximate surface area is 140 Å². The number of carbonyl (C=O) groups is 1. The van der Waals surface area contributed by atoms with Crippen molar-refractivity contribution in [1.29, 1.82) is 0 Å². The summed E-state index contributed by atoms with van der Waals surface area (Å²) in [6.07, 6.45) is 1.18. The van der Waals surface area contributed by atoms with Crippen LogP contribution in [0.5, 0.6) is 0 Å². The highest BCUT2D eigenvalue weighted by Gasteiger charge is 2.19. The quantitative estimate of drug-likeness (QED) is 0.720. The van der Waals surface area contributed by atoms with Crippen LogP contribution < -0.4 is 5.32 Å². The van der Waals surface area contributed by atoms with E-state index in [0.29, 0.717) is 19.0 Å². The van der Waals surface area contributed by atoms with Crippen LogP contribution in [0.4, 0.5) is 4.79 Å². The van der Waals surface area contributed by atoms with Crippen LogP contribution in [-0.4, -0.2) is 35.2 Å². The van der Waals surface area contributed by atoms with Crippen LogP contribution in [0, 0.1) is 5.92 Å². The van der Waals surface area contributed by atoms with Gasteiger partial charge in [-0.1, -0.05) is 51.1 Å². The summed E-state index contributed by atoms with van der Waals surface area (Å²) in [5, 5.41) is 12.9. The van der Waals surface area contributed by atoms with Crippen molar-refractivity contribution in [2.75, 3.05) is 13.1 Å². The van der Waals surface area contributed by atoms with Crippen molar-refractivity contribution < 1.29 is 9.90 Å². The van der Waals surface area contributed by atoms with Gasteiger partial charge in [0, 0.05) is 19.1 Å². The SMILES string of the molecule is CCCN[C@@H](CC(C)C)CN(Cc1ccccc1)C(=O)O.Cl. The van der Waals surface area contributed by atoms with E-state index in [9.17, 15) is 9.90 Å². The van der Waals surface area contributed by atoms with Gasteiger partial charge in [-0.05, 0) is 30.9 Å². The molecule has 4 nitrogen and oxygen atoms in total. The van der Waals surface area contributed by atoms with Crippen molar-refractivity contribution in [3.8, 4) is 0 Å². The number of carboxylic acid groups (broad SMARTS) is 1. The summed E-state index contributed by atoms with van der Waals surface area (Å²) in [6, 6.07) is 9.97. The lowest BCUT2D eigenvalue weighted by Gasteiger charge is -2.27. The minimum Gasteiger partial charge on any atom is -0.465 e. The Hall–Kier alpha value is -1.26. The summed E-state index contributed by atoms with van der Waals surface area (Å²) in [5.41, 5.74) is 1.03. The number of benzene rings is 1. The van der Waals surface area contributed by atoms with Crippen molar-refractivity contribution in [3.05, 3.63) is 35.9 Å². The Morgan fingerprint density at radius 1 is 1.27 bits per heavy atom. The molecule has 1 atom stereocenters. The van der Waals surface area contributed by atoms with Gasteiger partial charge in [0.05, 0.1) is 0 Å². The van der Waals surface area contributed by atoms with Crippen LogP contribution in [0.2, 0.25) is 0 Å². The molecule has 5 heteroatoms. The van der Waals surface area contributed by atoms with Gasteiger partial charge in [0.25, 0.3) is 0 Å². The van der Waals surface area contributed by atoms with E-state index in [1.165, 1.54) is 4.90 Å². The number of hydrogen-bond donors (Lipinski definition) is 2. The first-order valence-corrected chi connectivity index (χ1v) is 7.78. The monoisotopic (exact) mass is 328 g/mol. The fourth-order valence-electron chi connectivity index (χ4n) is 2.42. The molecular weight excluding hydrogens is 300 g/mol. The number of nitrogens with zero attached hydrogens (tertiary/aromatic N) is 1. The largest absolute Gasteiger partial charge is 0.465 e. The van der Waals surface area contributed by atoms with Crippen molar-refractivity contribution in [2.45, 2.75) is 46.2 Å². The predicted octanol–water partition coefficient (Wildman–Crippen LogP) is 4.00. The smallest absolute Gasteiger partial charge is 0.407 e. The van der Waals surface area contributed by atoms with Crippen LogP contribution >= 0.6 is 12.4 Å². The number of rotatable bonds is 9. The van der Waals surface area contributed by atoms with Crippen LogP contribution in [0.25, 0.3) is 0 Å². The zero-order chi connectivity index (χ0) is 15.7. The van der Waals surface area contributed by atoms with Crippen LogP contribution in [0.3, 0.4) is 0 Å². The van der Waals surface area contributed by atoms with Gasteiger partial charge in [-0.3, -0.25) is 0 Å². The van der Waals surface area contributed by atoms with Gasteiger partial charge in [0.2, 0.25) is 0 Å². The highest BCUT2D eigenvalue weighted by molar-refractivity contribution is 5.85. The summed E-state index contributed by atoms with van der Waals surface area (Å²) in [4.78, 5) is 13.0. The number of halogens is 1. The summed E-state index contributed by atoms with van der Waals surface area (Å²) in [6.45, 7) is 8.36. The molecule has 0 aliphatic carbocycles. The van der Waals surface area contributed by atoms with E-state index in [0.717, 1.165) is 24.9 Å². The minimum absolute atomic E-state index is 0. The van der Waals surface area contributed by atoms with Crippen molar-refractivity contribution in [2.24, 2.45) is 5.92 Å². The fourth-order valence-corrected chi connectivity index (χ4v) is 2.42. The van der Waals surface area contributed by atoms with E-state index in [2.05, 4.69) is 26.1 Å². The maximum atomic E-state index is 11.5. The zero-order valence-corrected chi connectivity index (χ0v) is 14.6. The van der Waals surface area contributed by atoms with Gasteiger partial charge in [0.1, 0.15) is 0 Å². The molecule has 1 amide bonds. The summed E-state index contributed by atoms with van der Waals surface area (Å²) in [5.74, 6) is 0.548. The average molecular weight is 329 g/mol. The molecule has 22 heavy (non-hydrogen) atoms. The van der Waals surface area contributed by atoms with Gasteiger partial charge in [-0.25, -0.2) is 4.79 Å². The molecule has 0 saturated carbocycles. The number of nitrogens with one attached hydrogen (secondary N) is 1. The third-order valence-electron chi connectivity index (χ3n) is 3.37.